The van der Waals surface area contributed by atoms with E-state index in [-0.39, 0.29) is 116 Å². The fourth-order valence-electron chi connectivity index (χ4n) is 7.37. The number of nitro groups is 1. The van der Waals surface area contributed by atoms with Gasteiger partial charge in [-0.25, -0.2) is 88.7 Å². The third-order valence-electron chi connectivity index (χ3n) is 12.6. The van der Waals surface area contributed by atoms with Crippen molar-refractivity contribution < 1.29 is 108 Å². The summed E-state index contributed by atoms with van der Waals surface area (Å²) in [5.74, 6) is -4.68. The van der Waals surface area contributed by atoms with Gasteiger partial charge in [-0.15, -0.1) is 11.3 Å². The predicted octanol–water partition coefficient (Wildman–Crippen LogP) is 13.2. The summed E-state index contributed by atoms with van der Waals surface area (Å²) in [6, 6.07) is 46.2. The van der Waals surface area contributed by atoms with Gasteiger partial charge in [0.2, 0.25) is 6.54 Å². The molecule has 0 unspecified atom stereocenters. The lowest BCUT2D eigenvalue weighted by Gasteiger charge is -2.02. The Morgan fingerprint density at radius 3 is 1.46 bits per heavy atom. The van der Waals surface area contributed by atoms with E-state index < -0.39 is 72.8 Å². The maximum absolute atomic E-state index is 11.5. The van der Waals surface area contributed by atoms with Crippen LogP contribution in [0.2, 0.25) is 0 Å². The van der Waals surface area contributed by atoms with Crippen LogP contribution >= 0.6 is 11.3 Å². The Balaban J connectivity index is -0.000000427. The number of methoxy groups -OCH3 is 1. The van der Waals surface area contributed by atoms with Gasteiger partial charge in [-0.1, -0.05) is 84.4 Å². The second kappa shape index (κ2) is 78.6. The molecule has 0 spiro atoms. The van der Waals surface area contributed by atoms with Crippen molar-refractivity contribution >= 4 is 112 Å². The van der Waals surface area contributed by atoms with Crippen molar-refractivity contribution in [2.24, 2.45) is 0 Å². The number of ketones is 4. The van der Waals surface area contributed by atoms with Crippen molar-refractivity contribution in [3.63, 3.8) is 0 Å². The number of nitrogens with zero attached hydrogens (tertiary/aromatic N) is 14. The number of carboxylic acids is 1. The van der Waals surface area contributed by atoms with Gasteiger partial charge in [-0.05, 0) is 122 Å². The summed E-state index contributed by atoms with van der Waals surface area (Å²) in [7, 11) is -5.43. The first-order valence-corrected chi connectivity index (χ1v) is 40.7. The number of benzene rings is 5. The number of aryl methyl sites for hydroxylation is 1. The van der Waals surface area contributed by atoms with Crippen molar-refractivity contribution in [1.82, 2.24) is 19.7 Å². The molecule has 3 aromatic heterocycles. The number of sulfone groups is 2. The number of non-ortho nitro benzene ring substituents is 1. The number of pyridine rings is 1. The number of carbonyl (C=O) groups excluding carboxylic acids is 10. The molecule has 0 aliphatic heterocycles. The van der Waals surface area contributed by atoms with Gasteiger partial charge in [0.05, 0.1) is 70.6 Å². The fourth-order valence-corrected chi connectivity index (χ4v) is 10.3. The molecule has 8 aromatic rings. The third-order valence-corrected chi connectivity index (χ3v) is 16.7. The lowest BCUT2D eigenvalue weighted by atomic mass is 10.1. The van der Waals surface area contributed by atoms with Crippen LogP contribution in [0.5, 0.6) is 0 Å². The molecule has 0 aliphatic carbocycles. The van der Waals surface area contributed by atoms with Gasteiger partial charge in [0.1, 0.15) is 55.0 Å². The summed E-state index contributed by atoms with van der Waals surface area (Å²) in [5, 5.41) is 30.2. The zero-order valence-electron chi connectivity index (χ0n) is 70.9. The summed E-state index contributed by atoms with van der Waals surface area (Å²) in [6.07, 6.45) is 4.61. The Morgan fingerprint density at radius 1 is 0.551 bits per heavy atom. The molecule has 0 aliphatic rings. The number of nitriles is 1. The minimum Gasteiger partial charge on any atom is -0.476 e. The number of nitro benzene ring substituents is 1. The first-order valence-electron chi connectivity index (χ1n) is 36.5. The lowest BCUT2D eigenvalue weighted by molar-refractivity contribution is -0.384. The van der Waals surface area contributed by atoms with Crippen LogP contribution in [0, 0.1) is 80.9 Å². The Bertz CT molecular complexity index is 5200. The first kappa shape index (κ1) is 120. The van der Waals surface area contributed by atoms with E-state index in [9.17, 15) is 79.7 Å². The van der Waals surface area contributed by atoms with Crippen LogP contribution in [0.25, 0.3) is 49.0 Å². The number of hydrogen-bond acceptors (Lipinski definition) is 28. The van der Waals surface area contributed by atoms with Gasteiger partial charge >= 0.3 is 61.5 Å². The van der Waals surface area contributed by atoms with E-state index in [0.717, 1.165) is 32.0 Å². The van der Waals surface area contributed by atoms with Crippen LogP contribution in [0.15, 0.2) is 186 Å². The number of aromatic nitrogens is 4. The number of rotatable bonds is 27. The molecule has 1 N–H and O–H groups in total. The Hall–Kier alpha value is -16.0. The average Bonchev–Trinajstić information content (AvgIpc) is 1.74. The van der Waals surface area contributed by atoms with Crippen molar-refractivity contribution in [1.29, 1.82) is 5.26 Å². The van der Waals surface area contributed by atoms with Gasteiger partial charge in [0.15, 0.2) is 20.6 Å². The predicted molar refractivity (Wildman–Crippen MR) is 465 cm³/mol. The molecular weight excluding hydrogens is 1710 g/mol. The van der Waals surface area contributed by atoms with E-state index in [2.05, 4.69) is 82.2 Å². The van der Waals surface area contributed by atoms with E-state index >= 15 is 0 Å². The van der Waals surface area contributed by atoms with Crippen LogP contribution in [0.3, 0.4) is 0 Å². The molecule has 3 heterocycles. The largest absolute Gasteiger partial charge is 0.476 e. The second-order valence-corrected chi connectivity index (χ2v) is 28.0. The molecule has 0 saturated carbocycles. The van der Waals surface area contributed by atoms with E-state index in [4.69, 9.17) is 62.9 Å². The van der Waals surface area contributed by atoms with Gasteiger partial charge in [0, 0.05) is 41.9 Å². The second-order valence-electron chi connectivity index (χ2n) is 22.8. The molecule has 0 bridgehead atoms. The molecule has 8 rings (SSSR count). The summed E-state index contributed by atoms with van der Waals surface area (Å²) in [4.78, 5) is 156. The van der Waals surface area contributed by atoms with E-state index in [1.54, 1.807) is 141 Å². The number of aliphatic carboxylic acids is 1. The van der Waals surface area contributed by atoms with E-state index in [1.807, 2.05) is 55.5 Å². The number of Topliss-reactive ketones (excluding diaryl/α,β-unsaturated/α-hetero) is 4. The molecular formula is C86H94N14O24S3. The molecule has 0 amide bonds. The highest BCUT2D eigenvalue weighted by Gasteiger charge is 2.17. The van der Waals surface area contributed by atoms with Crippen molar-refractivity contribution in [2.45, 2.75) is 117 Å². The quantitative estimate of drug-likeness (QED) is 0.00477. The Kier molecular flexibility index (Phi) is 74.0. The van der Waals surface area contributed by atoms with Gasteiger partial charge in [-0.2, -0.15) is 10.4 Å². The molecule has 670 valence electrons. The molecule has 38 nitrogen and oxygen atoms in total. The smallest absolute Gasteiger partial charge is 0.387 e. The van der Waals surface area contributed by atoms with Crippen LogP contribution in [0.1, 0.15) is 106 Å². The Morgan fingerprint density at radius 2 is 1.06 bits per heavy atom. The zero-order valence-corrected chi connectivity index (χ0v) is 73.3. The molecule has 41 heteroatoms. The third kappa shape index (κ3) is 71.5. The summed E-state index contributed by atoms with van der Waals surface area (Å²) >= 11 is 1.60. The minimum atomic E-state index is -3.38. The number of ether oxygens (including phenoxy) is 6. The van der Waals surface area contributed by atoms with Crippen molar-refractivity contribution in [3.05, 3.63) is 305 Å². The maximum atomic E-state index is 11.5. The monoisotopic (exact) mass is 1800 g/mol. The number of carboxylic acid groups (broad SMARTS) is 1. The van der Waals surface area contributed by atoms with Gasteiger partial charge < -0.3 is 62.6 Å². The first-order chi connectivity index (χ1) is 60.4. The average molecular weight is 1800 g/mol. The zero-order chi connectivity index (χ0) is 97.1. The van der Waals surface area contributed by atoms with Crippen LogP contribution in [0.4, 0.5) is 5.69 Å². The molecule has 127 heavy (non-hydrogen) atoms. The highest BCUT2D eigenvalue weighted by Crippen LogP contribution is 2.22. The number of fused-ring (bicyclic) bond motifs is 1. The van der Waals surface area contributed by atoms with Crippen molar-refractivity contribution in [2.75, 3.05) is 71.4 Å². The van der Waals surface area contributed by atoms with Crippen LogP contribution in [-0.2, 0) is 122 Å². The summed E-state index contributed by atoms with van der Waals surface area (Å²) in [6.45, 7) is 66.0. The molecule has 0 atom stereocenters. The molecule has 0 radical (unpaired) electrons. The molecule has 0 saturated heterocycles. The maximum Gasteiger partial charge on any atom is 0.387 e. The topological polar surface area (TPSA) is 477 Å². The Labute approximate surface area is 741 Å². The number of hydrogen-bond donors (Lipinski definition) is 1. The lowest BCUT2D eigenvalue weighted by Crippen LogP contribution is -2.13. The van der Waals surface area contributed by atoms with Gasteiger partial charge in [-0.3, -0.25) is 67.9 Å². The van der Waals surface area contributed by atoms with Crippen LogP contribution in [-0.4, -0.2) is 183 Å². The number of thiazole rings is 1. The van der Waals surface area contributed by atoms with E-state index in [0.29, 0.717) is 38.5 Å². The molecule has 5 aromatic carbocycles. The molecule has 0 fully saturated rings. The standard InChI is InChI=1S/C10H10O3.C9H6N2S.C9H9NO2S.C9H10O4S.C8H6N2O2.C7H6N2.C7H12O4.C6H10O3.C5H5N3.C5H7NO2.C5H8O2.C3H2N2.C3H3NO2/c1-13-10(12)7-9(11)8-5-3-2-4-6-8;1-10-6-9-11-7-4-2-3-5-8(7)12-9;1-8-3-5-9(6-4-8)13(11,12)7-10-2;10-8-13-6-7-14(11,12)9-4-2-1-3-5-9;1-9-6-7-2-4-8(5-3-7)10(11)12;1-8-6-7-4-2-3-5-9-7;1-3-10-6(8)5-7(9)11-4-2;1-3-9-6(8)4-5(2)7;1-6-5-8-4-2-3-7-8;1-3-8-5(7)4-6-2;1-4(6)3-5(2)7;1-5-3-2-4;1-4-2-3(5)6/h2-6H,7H2,1H3;2-5H,6H2;3-6H,7H2,1H3;1-5,8H,6-7H2;2-5H,6H2;2-5H,6H2;3-5H2,1-2H3;3-4H2,1-2H3;2-4H,5H2;3-4H2,1H3;3H2,1-2H3;3H2;2H2,(H,5,6). The fraction of sp³-hybridized carbons (Fsp3) is 0.314. The number of esters is 5. The number of carbonyl (C=O) groups is 11. The highest BCUT2D eigenvalue weighted by atomic mass is 32.2. The normalized spacial score (nSPS) is 8.94. The highest BCUT2D eigenvalue weighted by molar-refractivity contribution is 7.91. The number of para-hydroxylation sites is 1. The minimum absolute atomic E-state index is 0.0139. The SMILES string of the molecule is CC(=O)CC(C)=O.CCOC(=O)CC(=O)OCC.CCOC(=O)CC(C)=O.COC(=O)CC(=O)c1ccccc1.O=COCCS(=O)(=O)c1ccccc1.[C-]#[N+]CC#N.[C-]#[N+]CC(=O)O.[C-]#[N+]CC(=O)OCC.[C-]#[N+]CS(=O)(=O)c1ccc(C)cc1.[C-]#[N+]Cc1ccc([N+](=O)[O-])cc1.[C-]#[N+]Cc1ccccn1.[C-]#[N+]Cc1nc2ccccc2s1.[C-]#[N+]Cn1cccn1. The van der Waals surface area contributed by atoms with Crippen molar-refractivity contribution in [3.8, 4) is 6.07 Å². The van der Waals surface area contributed by atoms with E-state index in [1.165, 1.54) is 64.3 Å². The van der Waals surface area contributed by atoms with Gasteiger partial charge in [0.25, 0.3) is 41.6 Å². The van der Waals surface area contributed by atoms with Crippen LogP contribution < -0.4 is 0 Å². The summed E-state index contributed by atoms with van der Waals surface area (Å²) in [5.41, 5.74) is 4.24. The summed E-state index contributed by atoms with van der Waals surface area (Å²) < 4.78 is 75.1.